The lowest BCUT2D eigenvalue weighted by Gasteiger charge is -2.08. The third kappa shape index (κ3) is 8.44. The number of alkyl halides is 3. The van der Waals surface area contributed by atoms with Crippen LogP contribution in [0.15, 0.2) is 24.3 Å². The summed E-state index contributed by atoms with van der Waals surface area (Å²) in [6, 6.07) is 5.93. The van der Waals surface area contributed by atoms with Crippen molar-refractivity contribution in [2.45, 2.75) is 25.4 Å². The summed E-state index contributed by atoms with van der Waals surface area (Å²) in [5.41, 5.74) is 0.882. The lowest BCUT2D eigenvalue weighted by Crippen LogP contribution is -2.30. The Morgan fingerprint density at radius 1 is 1.04 bits per heavy atom. The first-order valence-corrected chi connectivity index (χ1v) is 6.60. The number of benzene rings is 1. The SMILES string of the molecule is O=C(O)CNC(=O)Cc1ccc(NC(=O)CCC(F)(F)F)cc1. The molecular weight excluding hydrogens is 317 g/mol. The quantitative estimate of drug-likeness (QED) is 0.708. The van der Waals surface area contributed by atoms with E-state index in [1.165, 1.54) is 24.3 Å². The number of carbonyl (C=O) groups excluding carboxylic acids is 2. The van der Waals surface area contributed by atoms with Gasteiger partial charge in [0.25, 0.3) is 0 Å². The van der Waals surface area contributed by atoms with Gasteiger partial charge >= 0.3 is 12.1 Å². The molecule has 0 heterocycles. The predicted molar refractivity (Wildman–Crippen MR) is 74.7 cm³/mol. The Morgan fingerprint density at radius 2 is 1.65 bits per heavy atom. The predicted octanol–water partition coefficient (Wildman–Crippen LogP) is 1.71. The zero-order chi connectivity index (χ0) is 17.5. The van der Waals surface area contributed by atoms with Crippen LogP contribution < -0.4 is 10.6 Å². The average molecular weight is 332 g/mol. The zero-order valence-corrected chi connectivity index (χ0v) is 11.9. The molecule has 0 radical (unpaired) electrons. The highest BCUT2D eigenvalue weighted by Gasteiger charge is 2.27. The van der Waals surface area contributed by atoms with E-state index in [0.29, 0.717) is 11.3 Å². The Kier molecular flexibility index (Phi) is 6.55. The van der Waals surface area contributed by atoms with Crippen LogP contribution in [0.2, 0.25) is 0 Å². The first kappa shape index (κ1) is 18.5. The van der Waals surface area contributed by atoms with Crippen LogP contribution in [0.5, 0.6) is 0 Å². The van der Waals surface area contributed by atoms with Gasteiger partial charge in [-0.05, 0) is 17.7 Å². The van der Waals surface area contributed by atoms with E-state index in [4.69, 9.17) is 5.11 Å². The topological polar surface area (TPSA) is 95.5 Å². The molecule has 0 aliphatic carbocycles. The van der Waals surface area contributed by atoms with Crippen LogP contribution >= 0.6 is 0 Å². The van der Waals surface area contributed by atoms with Gasteiger partial charge < -0.3 is 15.7 Å². The highest BCUT2D eigenvalue weighted by atomic mass is 19.4. The highest BCUT2D eigenvalue weighted by molar-refractivity contribution is 5.90. The maximum absolute atomic E-state index is 12.0. The summed E-state index contributed by atoms with van der Waals surface area (Å²) in [6.07, 6.45) is -6.29. The molecule has 3 N–H and O–H groups in total. The molecule has 1 aromatic carbocycles. The van der Waals surface area contributed by atoms with Gasteiger partial charge in [-0.2, -0.15) is 13.2 Å². The van der Waals surface area contributed by atoms with Crippen molar-refractivity contribution < 1.29 is 32.7 Å². The minimum Gasteiger partial charge on any atom is -0.480 e. The van der Waals surface area contributed by atoms with Crippen molar-refractivity contribution >= 4 is 23.5 Å². The van der Waals surface area contributed by atoms with Crippen LogP contribution in [0.4, 0.5) is 18.9 Å². The summed E-state index contributed by atoms with van der Waals surface area (Å²) in [4.78, 5) is 33.0. The first-order valence-electron chi connectivity index (χ1n) is 6.60. The number of nitrogens with one attached hydrogen (secondary N) is 2. The normalized spacial score (nSPS) is 10.9. The summed E-state index contributed by atoms with van der Waals surface area (Å²) in [6.45, 7) is -0.480. The summed E-state index contributed by atoms with van der Waals surface area (Å²) >= 11 is 0. The second kappa shape index (κ2) is 8.16. The molecule has 0 unspecified atom stereocenters. The van der Waals surface area contributed by atoms with Crippen molar-refractivity contribution in [2.75, 3.05) is 11.9 Å². The molecule has 126 valence electrons. The van der Waals surface area contributed by atoms with E-state index in [1.54, 1.807) is 0 Å². The molecule has 9 heteroatoms. The standard InChI is InChI=1S/C14H15F3N2O4/c15-14(16,17)6-5-11(20)19-10-3-1-9(2-4-10)7-12(21)18-8-13(22)23/h1-4H,5-8H2,(H,18,21)(H,19,20)(H,22,23). The van der Waals surface area contributed by atoms with E-state index >= 15 is 0 Å². The monoisotopic (exact) mass is 332 g/mol. The fraction of sp³-hybridized carbons (Fsp3) is 0.357. The molecule has 0 aromatic heterocycles. The van der Waals surface area contributed by atoms with Crippen LogP contribution in [0.1, 0.15) is 18.4 Å². The molecule has 0 saturated carbocycles. The molecule has 6 nitrogen and oxygen atoms in total. The van der Waals surface area contributed by atoms with E-state index in [0.717, 1.165) is 0 Å². The number of halogens is 3. The van der Waals surface area contributed by atoms with Gasteiger partial charge in [0, 0.05) is 12.1 Å². The molecule has 0 aliphatic heterocycles. The number of aliphatic carboxylic acids is 1. The number of anilines is 1. The maximum atomic E-state index is 12.0. The second-order valence-electron chi connectivity index (χ2n) is 4.71. The minimum absolute atomic E-state index is 0.0461. The maximum Gasteiger partial charge on any atom is 0.389 e. The van der Waals surface area contributed by atoms with Crippen molar-refractivity contribution in [3.05, 3.63) is 29.8 Å². The Morgan fingerprint density at radius 3 is 2.17 bits per heavy atom. The zero-order valence-electron chi connectivity index (χ0n) is 11.9. The molecule has 0 aliphatic rings. The third-order valence-electron chi connectivity index (χ3n) is 2.67. The largest absolute Gasteiger partial charge is 0.480 e. The first-order chi connectivity index (χ1) is 10.7. The Hall–Kier alpha value is -2.58. The average Bonchev–Trinajstić information content (AvgIpc) is 2.44. The van der Waals surface area contributed by atoms with Gasteiger partial charge in [-0.3, -0.25) is 14.4 Å². The van der Waals surface area contributed by atoms with E-state index in [2.05, 4.69) is 10.6 Å². The van der Waals surface area contributed by atoms with Crippen LogP contribution in [0.25, 0.3) is 0 Å². The van der Waals surface area contributed by atoms with Crippen molar-refractivity contribution in [1.82, 2.24) is 5.32 Å². The summed E-state index contributed by atoms with van der Waals surface area (Å²) in [7, 11) is 0. The van der Waals surface area contributed by atoms with E-state index in [-0.39, 0.29) is 6.42 Å². The van der Waals surface area contributed by atoms with Gasteiger partial charge in [-0.15, -0.1) is 0 Å². The molecule has 23 heavy (non-hydrogen) atoms. The Bertz CT molecular complexity index is 570. The van der Waals surface area contributed by atoms with Crippen LogP contribution in [0.3, 0.4) is 0 Å². The van der Waals surface area contributed by atoms with Gasteiger partial charge in [-0.1, -0.05) is 12.1 Å². The van der Waals surface area contributed by atoms with E-state index in [9.17, 15) is 27.6 Å². The summed E-state index contributed by atoms with van der Waals surface area (Å²) in [5, 5.41) is 12.9. The minimum atomic E-state index is -4.38. The van der Waals surface area contributed by atoms with Crippen LogP contribution in [-0.2, 0) is 20.8 Å². The van der Waals surface area contributed by atoms with Gasteiger partial charge in [0.2, 0.25) is 11.8 Å². The fourth-order valence-electron chi connectivity index (χ4n) is 1.61. The summed E-state index contributed by atoms with van der Waals surface area (Å²) in [5.74, 6) is -2.39. The molecule has 0 spiro atoms. The fourth-order valence-corrected chi connectivity index (χ4v) is 1.61. The van der Waals surface area contributed by atoms with Crippen LogP contribution in [0, 0.1) is 0 Å². The number of amides is 2. The number of carbonyl (C=O) groups is 3. The third-order valence-corrected chi connectivity index (χ3v) is 2.67. The number of carboxylic acids is 1. The molecule has 0 atom stereocenters. The molecule has 0 bridgehead atoms. The van der Waals surface area contributed by atoms with Gasteiger partial charge in [0.15, 0.2) is 0 Å². The number of hydrogen-bond acceptors (Lipinski definition) is 3. The van der Waals surface area contributed by atoms with E-state index < -0.39 is 43.3 Å². The van der Waals surface area contributed by atoms with Crippen LogP contribution in [-0.4, -0.2) is 35.6 Å². The van der Waals surface area contributed by atoms with Crippen molar-refractivity contribution in [2.24, 2.45) is 0 Å². The lowest BCUT2D eigenvalue weighted by molar-refractivity contribution is -0.142. The molecule has 0 saturated heterocycles. The number of hydrogen-bond donors (Lipinski definition) is 3. The summed E-state index contributed by atoms with van der Waals surface area (Å²) < 4.78 is 36.0. The molecule has 1 aromatic rings. The van der Waals surface area contributed by atoms with Crippen molar-refractivity contribution in [3.8, 4) is 0 Å². The van der Waals surface area contributed by atoms with Crippen molar-refractivity contribution in [3.63, 3.8) is 0 Å². The molecule has 1 rings (SSSR count). The van der Waals surface area contributed by atoms with Gasteiger partial charge in [0.05, 0.1) is 12.8 Å². The second-order valence-corrected chi connectivity index (χ2v) is 4.71. The number of carboxylic acid groups (broad SMARTS) is 1. The van der Waals surface area contributed by atoms with Gasteiger partial charge in [0.1, 0.15) is 6.54 Å². The van der Waals surface area contributed by atoms with Gasteiger partial charge in [-0.25, -0.2) is 0 Å². The molecule has 2 amide bonds. The highest BCUT2D eigenvalue weighted by Crippen LogP contribution is 2.21. The Labute approximate surface area is 129 Å². The molecular formula is C14H15F3N2O4. The van der Waals surface area contributed by atoms with E-state index in [1.807, 2.05) is 0 Å². The lowest BCUT2D eigenvalue weighted by atomic mass is 10.1. The smallest absolute Gasteiger partial charge is 0.389 e. The number of rotatable bonds is 7. The Balaban J connectivity index is 2.45. The molecule has 0 fully saturated rings. The van der Waals surface area contributed by atoms with Crippen molar-refractivity contribution in [1.29, 1.82) is 0 Å².